The molecule has 5 aromatic carbocycles. The van der Waals surface area contributed by atoms with Crippen LogP contribution in [0.5, 0.6) is 0 Å². The Morgan fingerprint density at radius 2 is 1.11 bits per heavy atom. The first-order valence-electron chi connectivity index (χ1n) is 12.8. The van der Waals surface area contributed by atoms with Gasteiger partial charge in [-0.05, 0) is 47.9 Å². The van der Waals surface area contributed by atoms with Gasteiger partial charge in [-0.2, -0.15) is 0 Å². The topological polar surface area (TPSA) is 39.3 Å². The summed E-state index contributed by atoms with van der Waals surface area (Å²) in [5, 5.41) is 7.25. The number of benzene rings is 5. The first kappa shape index (κ1) is 19.9. The number of nitrogens with zero attached hydrogens (tertiary/aromatic N) is 3. The fraction of sp³-hybridized carbons (Fsp3) is 0. The molecule has 0 bridgehead atoms. The maximum atomic E-state index is 13.8. The Hall–Kier alpha value is -5.22. The number of fused-ring (bicyclic) bond motifs is 10. The normalized spacial score (nSPS) is 12.3. The quantitative estimate of drug-likeness (QED) is 0.222. The molecule has 0 atom stereocenters. The first-order chi connectivity index (χ1) is 18.8. The molecule has 4 heteroatoms. The van der Waals surface area contributed by atoms with E-state index in [2.05, 4.69) is 83.4 Å². The fourth-order valence-electron chi connectivity index (χ4n) is 6.47. The van der Waals surface area contributed by atoms with Gasteiger partial charge in [-0.3, -0.25) is 9.20 Å². The van der Waals surface area contributed by atoms with Crippen LogP contribution < -0.4 is 5.56 Å². The molecule has 4 aromatic heterocycles. The maximum absolute atomic E-state index is 13.8. The number of hydrogen-bond donors (Lipinski definition) is 0. The molecule has 0 aliphatic rings. The molecular formula is C34H19N3O. The molecule has 4 nitrogen and oxygen atoms in total. The molecule has 38 heavy (non-hydrogen) atoms. The van der Waals surface area contributed by atoms with Gasteiger partial charge >= 0.3 is 0 Å². The van der Waals surface area contributed by atoms with Crippen molar-refractivity contribution in [2.24, 2.45) is 0 Å². The van der Waals surface area contributed by atoms with Crippen molar-refractivity contribution in [1.82, 2.24) is 14.0 Å². The van der Waals surface area contributed by atoms with Crippen LogP contribution in [0, 0.1) is 0 Å². The van der Waals surface area contributed by atoms with Crippen molar-refractivity contribution < 1.29 is 0 Å². The summed E-state index contributed by atoms with van der Waals surface area (Å²) in [7, 11) is 0. The van der Waals surface area contributed by atoms with Gasteiger partial charge in [-0.25, -0.2) is 4.98 Å². The number of aromatic nitrogens is 3. The highest BCUT2D eigenvalue weighted by molar-refractivity contribution is 6.27. The van der Waals surface area contributed by atoms with Crippen molar-refractivity contribution in [3.8, 4) is 5.69 Å². The predicted octanol–water partition coefficient (Wildman–Crippen LogP) is 7.84. The van der Waals surface area contributed by atoms with E-state index in [-0.39, 0.29) is 5.56 Å². The average molecular weight is 486 g/mol. The van der Waals surface area contributed by atoms with Gasteiger partial charge in [0.15, 0.2) is 0 Å². The van der Waals surface area contributed by atoms with Gasteiger partial charge in [0.1, 0.15) is 0 Å². The predicted molar refractivity (Wildman–Crippen MR) is 157 cm³/mol. The van der Waals surface area contributed by atoms with E-state index in [0.717, 1.165) is 54.7 Å². The zero-order valence-electron chi connectivity index (χ0n) is 20.2. The standard InChI is InChI=1S/C34H19N3O/c38-34-24-12-2-1-11-23(24)31-26-19-20(36-28-14-6-3-9-21(28)22-10-4-7-15-29(22)36)17-18-27(26)35-32-25-13-5-8-16-30(25)37(34)33(31)32/h1-19H. The molecule has 9 rings (SSSR count). The van der Waals surface area contributed by atoms with Gasteiger partial charge in [-0.1, -0.05) is 72.8 Å². The third kappa shape index (κ3) is 2.35. The minimum atomic E-state index is -0.000924. The van der Waals surface area contributed by atoms with E-state index in [1.54, 1.807) is 0 Å². The summed E-state index contributed by atoms with van der Waals surface area (Å²) in [4.78, 5) is 18.9. The lowest BCUT2D eigenvalue weighted by Gasteiger charge is -2.12. The molecule has 0 spiro atoms. The Morgan fingerprint density at radius 1 is 0.526 bits per heavy atom. The zero-order valence-corrected chi connectivity index (χ0v) is 20.2. The van der Waals surface area contributed by atoms with Crippen molar-refractivity contribution in [2.75, 3.05) is 0 Å². The van der Waals surface area contributed by atoms with Crippen molar-refractivity contribution in [3.63, 3.8) is 0 Å². The largest absolute Gasteiger partial charge is 0.309 e. The molecular weight excluding hydrogens is 466 g/mol. The summed E-state index contributed by atoms with van der Waals surface area (Å²) in [5.41, 5.74) is 6.99. The van der Waals surface area contributed by atoms with E-state index in [1.807, 2.05) is 40.8 Å². The summed E-state index contributed by atoms with van der Waals surface area (Å²) < 4.78 is 4.19. The van der Waals surface area contributed by atoms with Crippen molar-refractivity contribution in [1.29, 1.82) is 0 Å². The molecule has 4 heterocycles. The summed E-state index contributed by atoms with van der Waals surface area (Å²) in [6.07, 6.45) is 0. The molecule has 9 aromatic rings. The second kappa shape index (κ2) is 6.96. The molecule has 0 unspecified atom stereocenters. The average Bonchev–Trinajstić information content (AvgIpc) is 3.48. The Bertz CT molecular complexity index is 2430. The molecule has 0 saturated heterocycles. The Morgan fingerprint density at radius 3 is 1.82 bits per heavy atom. The number of hydrogen-bond acceptors (Lipinski definition) is 2. The zero-order chi connectivity index (χ0) is 25.0. The molecule has 0 saturated carbocycles. The lowest BCUT2D eigenvalue weighted by atomic mass is 10.0. The molecule has 0 aliphatic heterocycles. The van der Waals surface area contributed by atoms with E-state index < -0.39 is 0 Å². The first-order valence-corrected chi connectivity index (χ1v) is 12.8. The molecule has 0 fully saturated rings. The highest BCUT2D eigenvalue weighted by atomic mass is 16.1. The minimum Gasteiger partial charge on any atom is -0.309 e. The summed E-state index contributed by atoms with van der Waals surface area (Å²) in [6.45, 7) is 0. The molecule has 0 aliphatic carbocycles. The van der Waals surface area contributed by atoms with Crippen LogP contribution in [-0.4, -0.2) is 14.0 Å². The highest BCUT2D eigenvalue weighted by Crippen LogP contribution is 2.39. The van der Waals surface area contributed by atoms with Gasteiger partial charge in [0.05, 0.1) is 33.1 Å². The van der Waals surface area contributed by atoms with E-state index in [1.165, 1.54) is 21.8 Å². The summed E-state index contributed by atoms with van der Waals surface area (Å²) in [5.74, 6) is 0. The fourth-order valence-corrected chi connectivity index (χ4v) is 6.47. The van der Waals surface area contributed by atoms with Crippen LogP contribution in [-0.2, 0) is 0 Å². The van der Waals surface area contributed by atoms with Gasteiger partial charge in [0.2, 0.25) is 0 Å². The van der Waals surface area contributed by atoms with E-state index >= 15 is 0 Å². The van der Waals surface area contributed by atoms with Crippen LogP contribution in [0.4, 0.5) is 0 Å². The van der Waals surface area contributed by atoms with E-state index in [0.29, 0.717) is 0 Å². The number of para-hydroxylation sites is 3. The summed E-state index contributed by atoms with van der Waals surface area (Å²) in [6, 6.07) is 39.6. The van der Waals surface area contributed by atoms with Gasteiger partial charge in [0.25, 0.3) is 5.56 Å². The molecule has 0 radical (unpaired) electrons. The lowest BCUT2D eigenvalue weighted by molar-refractivity contribution is 1.18. The van der Waals surface area contributed by atoms with Crippen LogP contribution in [0.3, 0.4) is 0 Å². The molecule has 0 N–H and O–H groups in total. The van der Waals surface area contributed by atoms with Crippen LogP contribution >= 0.6 is 0 Å². The lowest BCUT2D eigenvalue weighted by Crippen LogP contribution is -2.13. The SMILES string of the molecule is O=c1c2ccccc2c2c3cc(-n4c5ccccc5c5ccccc54)ccc3nc3c4ccccc4n1c32. The molecule has 176 valence electrons. The Balaban J connectivity index is 1.53. The third-order valence-corrected chi connectivity index (χ3v) is 8.03. The monoisotopic (exact) mass is 485 g/mol. The number of pyridine rings is 2. The van der Waals surface area contributed by atoms with Gasteiger partial charge < -0.3 is 4.57 Å². The van der Waals surface area contributed by atoms with Gasteiger partial charge in [0, 0.05) is 38.0 Å². The van der Waals surface area contributed by atoms with Crippen LogP contribution in [0.25, 0.3) is 76.5 Å². The van der Waals surface area contributed by atoms with Crippen molar-refractivity contribution in [2.45, 2.75) is 0 Å². The van der Waals surface area contributed by atoms with Crippen LogP contribution in [0.15, 0.2) is 120 Å². The van der Waals surface area contributed by atoms with E-state index in [4.69, 9.17) is 4.98 Å². The highest BCUT2D eigenvalue weighted by Gasteiger charge is 2.21. The van der Waals surface area contributed by atoms with Crippen LogP contribution in [0.1, 0.15) is 0 Å². The number of rotatable bonds is 1. The van der Waals surface area contributed by atoms with Crippen molar-refractivity contribution in [3.05, 3.63) is 126 Å². The maximum Gasteiger partial charge on any atom is 0.263 e. The van der Waals surface area contributed by atoms with Crippen molar-refractivity contribution >= 4 is 70.8 Å². The van der Waals surface area contributed by atoms with E-state index in [9.17, 15) is 4.79 Å². The Labute approximate surface area is 215 Å². The van der Waals surface area contributed by atoms with Gasteiger partial charge in [-0.15, -0.1) is 0 Å². The molecule has 0 amide bonds. The minimum absolute atomic E-state index is 0.000924. The second-order valence-corrected chi connectivity index (χ2v) is 9.96. The Kier molecular flexibility index (Phi) is 3.65. The smallest absolute Gasteiger partial charge is 0.263 e. The second-order valence-electron chi connectivity index (χ2n) is 9.96. The third-order valence-electron chi connectivity index (χ3n) is 8.03. The van der Waals surface area contributed by atoms with Crippen LogP contribution in [0.2, 0.25) is 0 Å². The summed E-state index contributed by atoms with van der Waals surface area (Å²) >= 11 is 0.